The number of anilines is 2. The Bertz CT molecular complexity index is 577. The Morgan fingerprint density at radius 2 is 1.76 bits per heavy atom. The van der Waals surface area contributed by atoms with Gasteiger partial charge >= 0.3 is 0 Å². The van der Waals surface area contributed by atoms with E-state index in [1.54, 1.807) is 0 Å². The number of hydrogen-bond acceptors (Lipinski definition) is 4. The summed E-state index contributed by atoms with van der Waals surface area (Å²) in [6.45, 7) is 0.860. The van der Waals surface area contributed by atoms with Gasteiger partial charge in [0, 0.05) is 20.6 Å². The van der Waals surface area contributed by atoms with E-state index in [4.69, 9.17) is 5.41 Å². The Balaban J connectivity index is 1.72. The van der Waals surface area contributed by atoms with Crippen LogP contribution in [-0.2, 0) is 4.79 Å². The van der Waals surface area contributed by atoms with Crippen molar-refractivity contribution >= 4 is 23.0 Å². The SMILES string of the molecule is CN1c2ccccc2N(C)C1C1C(=N)N2CCCC2C1=O. The molecule has 0 radical (unpaired) electrons. The number of fused-ring (bicyclic) bond motifs is 2. The Morgan fingerprint density at radius 3 is 2.33 bits per heavy atom. The number of nitrogens with zero attached hydrogens (tertiary/aromatic N) is 3. The third kappa shape index (κ3) is 1.51. The van der Waals surface area contributed by atoms with Crippen LogP contribution in [0, 0.1) is 11.3 Å². The van der Waals surface area contributed by atoms with Crippen LogP contribution in [0.1, 0.15) is 12.8 Å². The van der Waals surface area contributed by atoms with E-state index in [1.807, 2.05) is 31.1 Å². The first kappa shape index (κ1) is 12.7. The summed E-state index contributed by atoms with van der Waals surface area (Å²) in [4.78, 5) is 19.1. The predicted octanol–water partition coefficient (Wildman–Crippen LogP) is 1.54. The Morgan fingerprint density at radius 1 is 1.14 bits per heavy atom. The first-order valence-corrected chi connectivity index (χ1v) is 7.55. The van der Waals surface area contributed by atoms with E-state index in [0.29, 0.717) is 5.84 Å². The number of amidine groups is 1. The molecule has 2 fully saturated rings. The van der Waals surface area contributed by atoms with E-state index >= 15 is 0 Å². The number of para-hydroxylation sites is 2. The van der Waals surface area contributed by atoms with Gasteiger partial charge in [0.1, 0.15) is 17.9 Å². The molecule has 0 bridgehead atoms. The van der Waals surface area contributed by atoms with Crippen molar-refractivity contribution < 1.29 is 4.79 Å². The normalized spacial score (nSPS) is 28.6. The second-order valence-electron chi connectivity index (χ2n) is 6.24. The second kappa shape index (κ2) is 4.23. The summed E-state index contributed by atoms with van der Waals surface area (Å²) in [6, 6.07) is 8.15. The van der Waals surface area contributed by atoms with Crippen LogP contribution in [0.5, 0.6) is 0 Å². The lowest BCUT2D eigenvalue weighted by atomic mass is 9.96. The molecule has 0 aromatic heterocycles. The summed E-state index contributed by atoms with van der Waals surface area (Å²) in [5.74, 6) is 0.408. The number of rotatable bonds is 1. The summed E-state index contributed by atoms with van der Waals surface area (Å²) < 4.78 is 0. The third-order valence-corrected chi connectivity index (χ3v) is 5.23. The fourth-order valence-electron chi connectivity index (χ4n) is 4.21. The van der Waals surface area contributed by atoms with Gasteiger partial charge in [-0.1, -0.05) is 12.1 Å². The van der Waals surface area contributed by atoms with Crippen molar-refractivity contribution in [3.8, 4) is 0 Å². The molecule has 2 unspecified atom stereocenters. The van der Waals surface area contributed by atoms with Crippen molar-refractivity contribution in [1.82, 2.24) is 4.90 Å². The molecule has 4 rings (SSSR count). The van der Waals surface area contributed by atoms with Gasteiger partial charge in [-0.05, 0) is 25.0 Å². The zero-order valence-corrected chi connectivity index (χ0v) is 12.4. The van der Waals surface area contributed by atoms with E-state index in [2.05, 4.69) is 21.9 Å². The van der Waals surface area contributed by atoms with Crippen LogP contribution in [0.3, 0.4) is 0 Å². The molecule has 110 valence electrons. The predicted molar refractivity (Wildman–Crippen MR) is 83.0 cm³/mol. The molecule has 5 heteroatoms. The Kier molecular flexibility index (Phi) is 2.55. The zero-order valence-electron chi connectivity index (χ0n) is 12.4. The summed E-state index contributed by atoms with van der Waals surface area (Å²) in [5, 5.41) is 8.47. The smallest absolute Gasteiger partial charge is 0.169 e. The van der Waals surface area contributed by atoms with Crippen LogP contribution >= 0.6 is 0 Å². The third-order valence-electron chi connectivity index (χ3n) is 5.23. The molecular formula is C16H20N4O. The second-order valence-corrected chi connectivity index (χ2v) is 6.24. The van der Waals surface area contributed by atoms with Gasteiger partial charge in [0.15, 0.2) is 5.78 Å². The van der Waals surface area contributed by atoms with Gasteiger partial charge in [-0.25, -0.2) is 0 Å². The first-order chi connectivity index (χ1) is 10.1. The summed E-state index contributed by atoms with van der Waals surface area (Å²) in [5.41, 5.74) is 2.27. The van der Waals surface area contributed by atoms with E-state index in [0.717, 1.165) is 30.8 Å². The quantitative estimate of drug-likeness (QED) is 0.850. The molecule has 21 heavy (non-hydrogen) atoms. The summed E-state index contributed by atoms with van der Waals surface area (Å²) in [6.07, 6.45) is 1.86. The minimum atomic E-state index is -0.335. The fraction of sp³-hybridized carbons (Fsp3) is 0.500. The van der Waals surface area contributed by atoms with Crippen LogP contribution in [0.2, 0.25) is 0 Å². The van der Waals surface area contributed by atoms with Crippen molar-refractivity contribution in [2.75, 3.05) is 30.4 Å². The Hall–Kier alpha value is -2.04. The highest BCUT2D eigenvalue weighted by molar-refractivity contribution is 6.13. The molecule has 1 aromatic rings. The number of Topliss-reactive ketones (excluding diaryl/α,β-unsaturated/α-hetero) is 1. The largest absolute Gasteiger partial charge is 0.352 e. The van der Waals surface area contributed by atoms with E-state index < -0.39 is 0 Å². The number of ketones is 1. The van der Waals surface area contributed by atoms with Crippen molar-refractivity contribution in [1.29, 1.82) is 5.41 Å². The van der Waals surface area contributed by atoms with Gasteiger partial charge in [0.05, 0.1) is 17.4 Å². The topological polar surface area (TPSA) is 50.6 Å². The number of benzene rings is 1. The minimum Gasteiger partial charge on any atom is -0.352 e. The lowest BCUT2D eigenvalue weighted by molar-refractivity contribution is -0.122. The lowest BCUT2D eigenvalue weighted by Crippen LogP contribution is -2.50. The minimum absolute atomic E-state index is 0.0481. The highest BCUT2D eigenvalue weighted by Gasteiger charge is 2.53. The van der Waals surface area contributed by atoms with Crippen LogP contribution in [0.15, 0.2) is 24.3 Å². The maximum absolute atomic E-state index is 12.8. The van der Waals surface area contributed by atoms with E-state index in [-0.39, 0.29) is 23.9 Å². The molecular weight excluding hydrogens is 264 g/mol. The van der Waals surface area contributed by atoms with Gasteiger partial charge in [0.2, 0.25) is 0 Å². The molecule has 1 N–H and O–H groups in total. The van der Waals surface area contributed by atoms with Crippen molar-refractivity contribution in [2.45, 2.75) is 25.0 Å². The first-order valence-electron chi connectivity index (χ1n) is 7.55. The van der Waals surface area contributed by atoms with Gasteiger partial charge in [-0.3, -0.25) is 10.2 Å². The van der Waals surface area contributed by atoms with E-state index in [9.17, 15) is 4.79 Å². The lowest BCUT2D eigenvalue weighted by Gasteiger charge is -2.32. The molecule has 1 aromatic carbocycles. The molecule has 0 amide bonds. The zero-order chi connectivity index (χ0) is 14.7. The standard InChI is InChI=1S/C16H20N4O/c1-18-10-6-3-4-7-11(10)19(2)16(18)13-14(21)12-8-5-9-20(12)15(13)17/h3-4,6-7,12-13,16-17H,5,8-9H2,1-2H3. The van der Waals surface area contributed by atoms with Gasteiger partial charge < -0.3 is 14.7 Å². The molecule has 2 saturated heterocycles. The van der Waals surface area contributed by atoms with Crippen molar-refractivity contribution in [2.24, 2.45) is 5.92 Å². The fourth-order valence-corrected chi connectivity index (χ4v) is 4.21. The van der Waals surface area contributed by atoms with Crippen LogP contribution < -0.4 is 9.80 Å². The van der Waals surface area contributed by atoms with Gasteiger partial charge in [-0.15, -0.1) is 0 Å². The average Bonchev–Trinajstić information content (AvgIpc) is 3.12. The van der Waals surface area contributed by atoms with Crippen LogP contribution in [-0.4, -0.2) is 49.4 Å². The average molecular weight is 284 g/mol. The molecule has 0 saturated carbocycles. The number of nitrogens with one attached hydrogen (secondary N) is 1. The molecule has 2 atom stereocenters. The van der Waals surface area contributed by atoms with E-state index in [1.165, 1.54) is 0 Å². The van der Waals surface area contributed by atoms with Gasteiger partial charge in [0.25, 0.3) is 0 Å². The number of carbonyl (C=O) groups excluding carboxylic acids is 1. The maximum Gasteiger partial charge on any atom is 0.169 e. The monoisotopic (exact) mass is 284 g/mol. The van der Waals surface area contributed by atoms with Crippen LogP contribution in [0.4, 0.5) is 11.4 Å². The number of hydrogen-bond donors (Lipinski definition) is 1. The van der Waals surface area contributed by atoms with Crippen molar-refractivity contribution in [3.63, 3.8) is 0 Å². The molecule has 0 spiro atoms. The Labute approximate surface area is 124 Å². The van der Waals surface area contributed by atoms with Crippen molar-refractivity contribution in [3.05, 3.63) is 24.3 Å². The molecule has 5 nitrogen and oxygen atoms in total. The summed E-state index contributed by atoms with van der Waals surface area (Å²) in [7, 11) is 4.05. The highest BCUT2D eigenvalue weighted by Crippen LogP contribution is 2.43. The molecule has 3 heterocycles. The molecule has 3 aliphatic heterocycles. The molecule has 3 aliphatic rings. The summed E-state index contributed by atoms with van der Waals surface area (Å²) >= 11 is 0. The molecule has 0 aliphatic carbocycles. The van der Waals surface area contributed by atoms with Gasteiger partial charge in [-0.2, -0.15) is 0 Å². The number of carbonyl (C=O) groups is 1. The highest BCUT2D eigenvalue weighted by atomic mass is 16.1. The maximum atomic E-state index is 12.8. The van der Waals surface area contributed by atoms with Crippen LogP contribution in [0.25, 0.3) is 0 Å².